The molecule has 0 aromatic heterocycles. The van der Waals surface area contributed by atoms with E-state index in [9.17, 15) is 9.90 Å². The molecule has 4 unspecified atom stereocenters. The lowest BCUT2D eigenvalue weighted by Crippen LogP contribution is -2.54. The molecule has 0 saturated carbocycles. The Morgan fingerprint density at radius 2 is 2.00 bits per heavy atom. The summed E-state index contributed by atoms with van der Waals surface area (Å²) in [4.78, 5) is 18.2. The van der Waals surface area contributed by atoms with Gasteiger partial charge in [0, 0.05) is 21.4 Å². The fourth-order valence-corrected chi connectivity index (χ4v) is 5.20. The van der Waals surface area contributed by atoms with Gasteiger partial charge in [0.2, 0.25) is 0 Å². The summed E-state index contributed by atoms with van der Waals surface area (Å²) in [7, 11) is 0. The van der Waals surface area contributed by atoms with E-state index in [4.69, 9.17) is 28.1 Å². The molecule has 3 rings (SSSR count). The molecule has 0 amide bonds. The lowest BCUT2D eigenvalue weighted by molar-refractivity contribution is -0.137. The number of hydrogen-bond acceptors (Lipinski definition) is 6. The Morgan fingerprint density at radius 1 is 1.37 bits per heavy atom. The normalized spacial score (nSPS) is 29.3. The minimum absolute atomic E-state index is 0.156. The number of nitrogens with two attached hydrogens (primary N) is 2. The zero-order valence-corrected chi connectivity index (χ0v) is 17.2. The van der Waals surface area contributed by atoms with Crippen LogP contribution in [0.4, 0.5) is 0 Å². The molecule has 0 bridgehead atoms. The van der Waals surface area contributed by atoms with Crippen molar-refractivity contribution < 1.29 is 9.90 Å². The van der Waals surface area contributed by atoms with Gasteiger partial charge in [0.15, 0.2) is 0 Å². The van der Waals surface area contributed by atoms with E-state index in [1.54, 1.807) is 11.8 Å². The Hall–Kier alpha value is -1.54. The largest absolute Gasteiger partial charge is 0.481 e. The van der Waals surface area contributed by atoms with Crippen molar-refractivity contribution in [1.82, 2.24) is 4.90 Å². The van der Waals surface area contributed by atoms with Crippen molar-refractivity contribution in [2.45, 2.75) is 50.8 Å². The van der Waals surface area contributed by atoms with Crippen LogP contribution in [0.25, 0.3) is 0 Å². The van der Waals surface area contributed by atoms with Crippen LogP contribution >= 0.6 is 23.4 Å². The highest BCUT2D eigenvalue weighted by Crippen LogP contribution is 2.47. The molecule has 2 aliphatic heterocycles. The first-order valence-corrected chi connectivity index (χ1v) is 10.2. The Morgan fingerprint density at radius 3 is 2.56 bits per heavy atom. The van der Waals surface area contributed by atoms with E-state index in [1.807, 2.05) is 36.1 Å². The van der Waals surface area contributed by atoms with Crippen molar-refractivity contribution in [2.24, 2.45) is 22.4 Å². The fourth-order valence-electron chi connectivity index (χ4n) is 3.56. The number of nitrogens with zero attached hydrogens (tertiary/aromatic N) is 2. The van der Waals surface area contributed by atoms with Gasteiger partial charge in [0.1, 0.15) is 6.17 Å². The fraction of sp³-hybridized carbons (Fsp3) is 0.474. The summed E-state index contributed by atoms with van der Waals surface area (Å²) in [6.45, 7) is 6.20. The summed E-state index contributed by atoms with van der Waals surface area (Å²) >= 11 is 7.78. The summed E-state index contributed by atoms with van der Waals surface area (Å²) in [5.74, 6) is -0.702. The average molecular weight is 409 g/mol. The van der Waals surface area contributed by atoms with Crippen molar-refractivity contribution in [1.29, 1.82) is 0 Å². The Labute approximate surface area is 168 Å². The van der Waals surface area contributed by atoms with E-state index < -0.39 is 18.2 Å². The van der Waals surface area contributed by atoms with Crippen LogP contribution in [0.2, 0.25) is 5.02 Å². The summed E-state index contributed by atoms with van der Waals surface area (Å²) in [5, 5.41) is 11.4. The number of thioether (sulfide) groups is 1. The first-order valence-electron chi connectivity index (χ1n) is 8.97. The molecule has 2 aliphatic rings. The van der Waals surface area contributed by atoms with Gasteiger partial charge in [-0.1, -0.05) is 37.6 Å². The molecule has 0 saturated heterocycles. The minimum Gasteiger partial charge on any atom is -0.481 e. The van der Waals surface area contributed by atoms with Crippen LogP contribution in [0.1, 0.15) is 32.8 Å². The molecule has 5 N–H and O–H groups in total. The average Bonchev–Trinajstić information content (AvgIpc) is 2.80. The van der Waals surface area contributed by atoms with Crippen molar-refractivity contribution in [3.63, 3.8) is 0 Å². The Balaban J connectivity index is 2.21. The van der Waals surface area contributed by atoms with E-state index in [2.05, 4.69) is 13.8 Å². The number of rotatable bonds is 4. The highest BCUT2D eigenvalue weighted by Gasteiger charge is 2.42. The molecule has 0 fully saturated rings. The molecule has 0 spiro atoms. The monoisotopic (exact) mass is 408 g/mol. The number of aliphatic carboxylic acids is 1. The molecule has 5 atom stereocenters. The molecule has 8 heteroatoms. The molecule has 27 heavy (non-hydrogen) atoms. The van der Waals surface area contributed by atoms with E-state index in [1.165, 1.54) is 0 Å². The number of carboxylic acid groups (broad SMARTS) is 1. The third kappa shape index (κ3) is 3.87. The van der Waals surface area contributed by atoms with Crippen LogP contribution < -0.4 is 11.5 Å². The smallest absolute Gasteiger partial charge is 0.305 e. The maximum atomic E-state index is 11.4. The first kappa shape index (κ1) is 20.2. The highest BCUT2D eigenvalue weighted by molar-refractivity contribution is 8.03. The summed E-state index contributed by atoms with van der Waals surface area (Å²) in [6, 6.07) is 6.85. The number of carbonyl (C=O) groups is 1. The maximum Gasteiger partial charge on any atom is 0.305 e. The lowest BCUT2D eigenvalue weighted by atomic mass is 9.91. The molecule has 1 aromatic rings. The van der Waals surface area contributed by atoms with E-state index >= 15 is 0 Å². The molecular formula is C19H25ClN4O2S. The van der Waals surface area contributed by atoms with Crippen LogP contribution in [0.3, 0.4) is 0 Å². The second-order valence-electron chi connectivity index (χ2n) is 7.12. The second-order valence-corrected chi connectivity index (χ2v) is 8.92. The van der Waals surface area contributed by atoms with Crippen molar-refractivity contribution in [2.75, 3.05) is 0 Å². The first-order chi connectivity index (χ1) is 12.7. The molecule has 2 heterocycles. The van der Waals surface area contributed by atoms with E-state index in [0.717, 1.165) is 21.9 Å². The Bertz CT molecular complexity index is 793. The molecule has 0 aliphatic carbocycles. The van der Waals surface area contributed by atoms with Crippen molar-refractivity contribution in [3.05, 3.63) is 45.5 Å². The zero-order valence-electron chi connectivity index (χ0n) is 15.6. The van der Waals surface area contributed by atoms with Crippen molar-refractivity contribution >= 4 is 35.0 Å². The number of halogens is 1. The molecule has 6 nitrogen and oxygen atoms in total. The van der Waals surface area contributed by atoms with Gasteiger partial charge in [-0.3, -0.25) is 9.79 Å². The van der Waals surface area contributed by atoms with Crippen molar-refractivity contribution in [3.8, 4) is 0 Å². The standard InChI is InChI=1S/C19H25ClN4O2S/c1-9-10(2)27-19-16(9)17(12-4-6-13(20)7-5-12)23-14(8-15(25)26)18(22)24(19)11(3)21/h4-7,9-11,14,18H,8,21-22H2,1-3H3,(H,25,26)/t9?,10?,11?,14-,18?/m0/s1. The van der Waals surface area contributed by atoms with Crippen LogP contribution in [0, 0.1) is 5.92 Å². The van der Waals surface area contributed by atoms with Gasteiger partial charge < -0.3 is 21.5 Å². The van der Waals surface area contributed by atoms with Gasteiger partial charge in [0.05, 0.1) is 29.4 Å². The SMILES string of the molecule is CC1SC2=C(C(c3ccc(Cl)cc3)=N[C@@H](CC(=O)O)C(N)N2C(C)N)C1C. The van der Waals surface area contributed by atoms with Gasteiger partial charge in [-0.05, 0) is 25.0 Å². The number of benzene rings is 1. The highest BCUT2D eigenvalue weighted by atomic mass is 35.5. The second kappa shape index (κ2) is 7.83. The third-order valence-electron chi connectivity index (χ3n) is 5.13. The van der Waals surface area contributed by atoms with Gasteiger partial charge in [-0.2, -0.15) is 0 Å². The van der Waals surface area contributed by atoms with Gasteiger partial charge in [0.25, 0.3) is 0 Å². The Kier molecular flexibility index (Phi) is 5.86. The van der Waals surface area contributed by atoms with E-state index in [-0.39, 0.29) is 18.5 Å². The predicted molar refractivity (Wildman–Crippen MR) is 111 cm³/mol. The van der Waals surface area contributed by atoms with Gasteiger partial charge >= 0.3 is 5.97 Å². The van der Waals surface area contributed by atoms with Crippen LogP contribution in [-0.2, 0) is 4.79 Å². The predicted octanol–water partition coefficient (Wildman–Crippen LogP) is 2.86. The van der Waals surface area contributed by atoms with Crippen LogP contribution in [0.15, 0.2) is 39.9 Å². The minimum atomic E-state index is -0.935. The summed E-state index contributed by atoms with van der Waals surface area (Å²) < 4.78 is 0. The quantitative estimate of drug-likeness (QED) is 0.707. The van der Waals surface area contributed by atoms with Gasteiger partial charge in [-0.25, -0.2) is 0 Å². The number of aliphatic imine (C=N–C) groups is 1. The molecule has 146 valence electrons. The number of carboxylic acids is 1. The molecule has 0 radical (unpaired) electrons. The van der Waals surface area contributed by atoms with Crippen LogP contribution in [0.5, 0.6) is 0 Å². The summed E-state index contributed by atoms with van der Waals surface area (Å²) in [6.07, 6.45) is -1.12. The molecule has 1 aromatic carbocycles. The van der Waals surface area contributed by atoms with Gasteiger partial charge in [-0.15, -0.1) is 11.8 Å². The lowest BCUT2D eigenvalue weighted by Gasteiger charge is -2.36. The maximum absolute atomic E-state index is 11.4. The zero-order chi connectivity index (χ0) is 19.9. The van der Waals surface area contributed by atoms with Crippen LogP contribution in [-0.4, -0.2) is 45.3 Å². The molecular weight excluding hydrogens is 384 g/mol. The third-order valence-corrected chi connectivity index (χ3v) is 6.81. The number of allylic oxidation sites excluding steroid dienone is 1. The van der Waals surface area contributed by atoms with E-state index in [0.29, 0.717) is 10.3 Å². The summed E-state index contributed by atoms with van der Waals surface area (Å²) in [5.41, 5.74) is 15.5. The number of hydrogen-bond donors (Lipinski definition) is 3. The topological polar surface area (TPSA) is 105 Å².